The van der Waals surface area contributed by atoms with E-state index in [2.05, 4.69) is 14.8 Å². The zero-order valence-corrected chi connectivity index (χ0v) is 13.8. The van der Waals surface area contributed by atoms with Gasteiger partial charge in [-0.2, -0.15) is 0 Å². The average molecular weight is 369 g/mol. The van der Waals surface area contributed by atoms with E-state index in [0.717, 1.165) is 32.4 Å². The summed E-state index contributed by atoms with van der Waals surface area (Å²) in [5, 5.41) is 33.8. The van der Waals surface area contributed by atoms with Crippen LogP contribution in [0.3, 0.4) is 0 Å². The molecule has 26 heavy (non-hydrogen) atoms. The molecule has 12 heteroatoms. The molecule has 1 aromatic rings. The normalized spacial score (nSPS) is 10.8. The lowest BCUT2D eigenvalue weighted by Gasteiger charge is -2.13. The van der Waals surface area contributed by atoms with E-state index in [9.17, 15) is 29.8 Å². The molecule has 0 bridgehead atoms. The molecule has 12 nitrogen and oxygen atoms in total. The van der Waals surface area contributed by atoms with Crippen LogP contribution >= 0.6 is 0 Å². The van der Waals surface area contributed by atoms with Gasteiger partial charge in [-0.25, -0.2) is 9.59 Å². The number of aliphatic hydroxyl groups is 1. The Balaban J connectivity index is 3.58. The molecule has 0 unspecified atom stereocenters. The summed E-state index contributed by atoms with van der Waals surface area (Å²) in [6.45, 7) is -0.498. The first kappa shape index (κ1) is 20.5. The molecule has 140 valence electrons. The zero-order chi connectivity index (χ0) is 19.9. The number of anilines is 1. The number of nitrogens with zero attached hydrogens (tertiary/aromatic N) is 2. The van der Waals surface area contributed by atoms with Gasteiger partial charge in [0.1, 0.15) is 5.70 Å². The molecule has 1 aromatic carbocycles. The van der Waals surface area contributed by atoms with Crippen LogP contribution in [0.15, 0.2) is 23.9 Å². The number of carbonyl (C=O) groups is 2. The molecule has 0 heterocycles. The topological polar surface area (TPSA) is 171 Å². The van der Waals surface area contributed by atoms with Crippen molar-refractivity contribution in [2.24, 2.45) is 0 Å². The fourth-order valence-electron chi connectivity index (χ4n) is 1.97. The van der Waals surface area contributed by atoms with E-state index in [-0.39, 0.29) is 17.7 Å². The Kier molecular flexibility index (Phi) is 7.16. The molecular formula is C14H15N3O9. The average Bonchev–Trinajstić information content (AvgIpc) is 2.60. The minimum absolute atomic E-state index is 0.0947. The number of benzene rings is 1. The summed E-state index contributed by atoms with van der Waals surface area (Å²) in [6, 6.07) is 1.67. The van der Waals surface area contributed by atoms with Crippen molar-refractivity contribution in [3.63, 3.8) is 0 Å². The summed E-state index contributed by atoms with van der Waals surface area (Å²) in [5.41, 5.74) is -2.02. The van der Waals surface area contributed by atoms with Crippen LogP contribution in [0.4, 0.5) is 17.1 Å². The summed E-state index contributed by atoms with van der Waals surface area (Å²) in [5.74, 6) is -1.94. The van der Waals surface area contributed by atoms with E-state index >= 15 is 0 Å². The molecule has 0 radical (unpaired) electrons. The molecule has 0 aliphatic heterocycles. The Labute approximate surface area is 146 Å². The van der Waals surface area contributed by atoms with E-state index in [1.165, 1.54) is 0 Å². The molecule has 0 spiro atoms. The van der Waals surface area contributed by atoms with Crippen LogP contribution in [0.1, 0.15) is 5.56 Å². The molecule has 0 aliphatic carbocycles. The first-order chi connectivity index (χ1) is 12.2. The fourth-order valence-corrected chi connectivity index (χ4v) is 1.97. The number of nitro benzene ring substituents is 2. The van der Waals surface area contributed by atoms with Gasteiger partial charge in [0.25, 0.3) is 11.4 Å². The van der Waals surface area contributed by atoms with Crippen molar-refractivity contribution in [1.82, 2.24) is 0 Å². The van der Waals surface area contributed by atoms with Gasteiger partial charge in [0, 0.05) is 19.1 Å². The molecule has 0 fully saturated rings. The molecule has 0 amide bonds. The van der Waals surface area contributed by atoms with Gasteiger partial charge in [0.15, 0.2) is 0 Å². The number of rotatable bonds is 8. The maximum Gasteiger partial charge on any atom is 0.354 e. The number of methoxy groups -OCH3 is 2. The Bertz CT molecular complexity index is 773. The second kappa shape index (κ2) is 9.08. The highest BCUT2D eigenvalue weighted by Crippen LogP contribution is 2.33. The van der Waals surface area contributed by atoms with Gasteiger partial charge in [0.2, 0.25) is 0 Å². The van der Waals surface area contributed by atoms with E-state index < -0.39 is 45.5 Å². The summed E-state index contributed by atoms with van der Waals surface area (Å²) < 4.78 is 8.89. The van der Waals surface area contributed by atoms with Crippen molar-refractivity contribution in [2.45, 2.75) is 6.42 Å². The van der Waals surface area contributed by atoms with Crippen LogP contribution < -0.4 is 5.32 Å². The van der Waals surface area contributed by atoms with Gasteiger partial charge in [-0.1, -0.05) is 0 Å². The lowest BCUT2D eigenvalue weighted by molar-refractivity contribution is -0.394. The van der Waals surface area contributed by atoms with E-state index in [1.54, 1.807) is 0 Å². The molecule has 0 aliphatic rings. The number of aliphatic hydroxyl groups excluding tert-OH is 1. The van der Waals surface area contributed by atoms with Crippen LogP contribution in [0.25, 0.3) is 0 Å². The fraction of sp³-hybridized carbons (Fsp3) is 0.286. The van der Waals surface area contributed by atoms with E-state index in [4.69, 9.17) is 5.11 Å². The first-order valence-corrected chi connectivity index (χ1v) is 6.96. The Hall–Kier alpha value is -3.54. The van der Waals surface area contributed by atoms with Crippen LogP contribution in [0.5, 0.6) is 0 Å². The number of nitro groups is 2. The lowest BCUT2D eigenvalue weighted by atomic mass is 10.1. The van der Waals surface area contributed by atoms with Crippen molar-refractivity contribution in [2.75, 3.05) is 26.1 Å². The molecular weight excluding hydrogens is 354 g/mol. The third-order valence-electron chi connectivity index (χ3n) is 3.12. The van der Waals surface area contributed by atoms with Crippen molar-refractivity contribution >= 4 is 29.0 Å². The molecule has 0 saturated heterocycles. The van der Waals surface area contributed by atoms with Crippen LogP contribution in [0, 0.1) is 20.2 Å². The van der Waals surface area contributed by atoms with Crippen LogP contribution in [-0.2, 0) is 25.5 Å². The van der Waals surface area contributed by atoms with Crippen molar-refractivity contribution < 1.29 is 34.0 Å². The van der Waals surface area contributed by atoms with Crippen molar-refractivity contribution in [3.8, 4) is 0 Å². The number of hydrogen-bond acceptors (Lipinski definition) is 10. The maximum absolute atomic E-state index is 11.8. The quantitative estimate of drug-likeness (QED) is 0.287. The number of non-ortho nitro benzene ring substituents is 1. The minimum atomic E-state index is -1.01. The second-order valence-electron chi connectivity index (χ2n) is 4.68. The molecule has 0 atom stereocenters. The smallest absolute Gasteiger partial charge is 0.354 e. The summed E-state index contributed by atoms with van der Waals surface area (Å²) in [4.78, 5) is 43.7. The maximum atomic E-state index is 11.8. The van der Waals surface area contributed by atoms with Crippen LogP contribution in [0.2, 0.25) is 0 Å². The highest BCUT2D eigenvalue weighted by Gasteiger charge is 2.25. The van der Waals surface area contributed by atoms with E-state index in [0.29, 0.717) is 0 Å². The Morgan fingerprint density at radius 2 is 1.85 bits per heavy atom. The number of carbonyl (C=O) groups excluding carboxylic acids is 2. The SMILES string of the molecule is COC(=O)/C=C(/Nc1cc([N+](=O)[O-])cc([N+](=O)[O-])c1CCO)C(=O)OC. The Morgan fingerprint density at radius 1 is 1.19 bits per heavy atom. The van der Waals surface area contributed by atoms with Gasteiger partial charge in [-0.05, 0) is 0 Å². The number of hydrogen-bond donors (Lipinski definition) is 2. The standard InChI is InChI=1S/C14H15N3O9/c1-25-13(19)7-11(14(20)26-2)15-10-5-8(16(21)22)6-12(17(23)24)9(10)3-4-18/h5-7,15,18H,3-4H2,1-2H3/b11-7+. The third kappa shape index (κ3) is 4.98. The first-order valence-electron chi connectivity index (χ1n) is 6.96. The van der Waals surface area contributed by atoms with Crippen molar-refractivity contribution in [3.05, 3.63) is 49.7 Å². The van der Waals surface area contributed by atoms with Gasteiger partial charge in [0.05, 0.1) is 47.5 Å². The number of esters is 2. The summed E-state index contributed by atoms with van der Waals surface area (Å²) in [7, 11) is 2.09. The molecule has 0 aromatic heterocycles. The monoisotopic (exact) mass is 369 g/mol. The summed E-state index contributed by atoms with van der Waals surface area (Å²) in [6.07, 6.45) is 0.489. The van der Waals surface area contributed by atoms with Crippen LogP contribution in [-0.4, -0.2) is 47.7 Å². The minimum Gasteiger partial charge on any atom is -0.466 e. The summed E-state index contributed by atoms with van der Waals surface area (Å²) >= 11 is 0. The predicted molar refractivity (Wildman–Crippen MR) is 86.3 cm³/mol. The van der Waals surface area contributed by atoms with Gasteiger partial charge >= 0.3 is 11.9 Å². The largest absolute Gasteiger partial charge is 0.466 e. The predicted octanol–water partition coefficient (Wildman–Crippen LogP) is 0.680. The van der Waals surface area contributed by atoms with Gasteiger partial charge < -0.3 is 19.9 Å². The third-order valence-corrected chi connectivity index (χ3v) is 3.12. The van der Waals surface area contributed by atoms with Gasteiger partial charge in [-0.3, -0.25) is 20.2 Å². The van der Waals surface area contributed by atoms with Crippen molar-refractivity contribution in [1.29, 1.82) is 0 Å². The van der Waals surface area contributed by atoms with Gasteiger partial charge in [-0.15, -0.1) is 0 Å². The highest BCUT2D eigenvalue weighted by atomic mass is 16.6. The second-order valence-corrected chi connectivity index (χ2v) is 4.68. The van der Waals surface area contributed by atoms with E-state index in [1.807, 2.05) is 0 Å². The molecule has 2 N–H and O–H groups in total. The highest BCUT2D eigenvalue weighted by molar-refractivity contribution is 5.99. The molecule has 1 rings (SSSR count). The Morgan fingerprint density at radius 3 is 2.31 bits per heavy atom. The lowest BCUT2D eigenvalue weighted by Crippen LogP contribution is -2.17. The number of nitrogens with one attached hydrogen (secondary N) is 1. The molecule has 0 saturated carbocycles. The number of ether oxygens (including phenoxy) is 2. The zero-order valence-electron chi connectivity index (χ0n) is 13.8.